The van der Waals surface area contributed by atoms with Gasteiger partial charge in [0.2, 0.25) is 0 Å². The van der Waals surface area contributed by atoms with Gasteiger partial charge >= 0.3 is 12.3 Å². The van der Waals surface area contributed by atoms with Crippen molar-refractivity contribution in [2.24, 2.45) is 0 Å². The number of rotatable bonds is 4. The maximum Gasteiger partial charge on any atom is 0.574 e. The van der Waals surface area contributed by atoms with Gasteiger partial charge < -0.3 is 9.84 Å². The third-order valence-electron chi connectivity index (χ3n) is 1.88. The van der Waals surface area contributed by atoms with Gasteiger partial charge in [-0.05, 0) is 5.56 Å². The summed E-state index contributed by atoms with van der Waals surface area (Å²) in [6.45, 7) is 0. The molecule has 1 N–H and O–H groups in total. The predicted octanol–water partition coefficient (Wildman–Crippen LogP) is 2.68. The molecule has 1 aromatic rings. The maximum absolute atomic E-state index is 13.4. The van der Waals surface area contributed by atoms with Gasteiger partial charge in [-0.15, -0.1) is 13.2 Å². The summed E-state index contributed by atoms with van der Waals surface area (Å²) < 4.78 is 77.2. The second-order valence-electron chi connectivity index (χ2n) is 3.24. The monoisotopic (exact) mass is 289 g/mol. The SMILES string of the molecule is O=C(O)Cc1cnc(OC(F)(F)F)c(F)c1C(F)F. The fourth-order valence-electron chi connectivity index (χ4n) is 1.24. The molecule has 0 aliphatic rings. The molecule has 0 spiro atoms. The molecule has 0 bridgehead atoms. The highest BCUT2D eigenvalue weighted by atomic mass is 19.4. The summed E-state index contributed by atoms with van der Waals surface area (Å²) >= 11 is 0. The van der Waals surface area contributed by atoms with Crippen LogP contribution in [0.2, 0.25) is 0 Å². The third-order valence-corrected chi connectivity index (χ3v) is 1.88. The molecule has 1 rings (SSSR count). The van der Waals surface area contributed by atoms with Crippen LogP contribution in [0.15, 0.2) is 6.20 Å². The first-order chi connectivity index (χ1) is 8.61. The van der Waals surface area contributed by atoms with E-state index in [0.29, 0.717) is 6.20 Å². The lowest BCUT2D eigenvalue weighted by Crippen LogP contribution is -2.20. The van der Waals surface area contributed by atoms with E-state index >= 15 is 0 Å². The summed E-state index contributed by atoms with van der Waals surface area (Å²) in [4.78, 5) is 13.2. The van der Waals surface area contributed by atoms with Crippen LogP contribution in [0.5, 0.6) is 5.88 Å². The predicted molar refractivity (Wildman–Crippen MR) is 47.2 cm³/mol. The van der Waals surface area contributed by atoms with Gasteiger partial charge in [-0.1, -0.05) is 0 Å². The Morgan fingerprint density at radius 2 is 2.00 bits per heavy atom. The van der Waals surface area contributed by atoms with Crippen LogP contribution in [-0.4, -0.2) is 22.4 Å². The van der Waals surface area contributed by atoms with E-state index in [4.69, 9.17) is 5.11 Å². The molecule has 0 saturated heterocycles. The maximum atomic E-state index is 13.4. The van der Waals surface area contributed by atoms with Gasteiger partial charge in [-0.3, -0.25) is 4.79 Å². The summed E-state index contributed by atoms with van der Waals surface area (Å²) in [5, 5.41) is 8.41. The lowest BCUT2D eigenvalue weighted by molar-refractivity contribution is -0.277. The summed E-state index contributed by atoms with van der Waals surface area (Å²) in [5.74, 6) is -5.28. The van der Waals surface area contributed by atoms with Crippen molar-refractivity contribution < 1.29 is 41.0 Å². The number of carboxylic acids is 1. The molecule has 1 aromatic heterocycles. The molecule has 0 aromatic carbocycles. The van der Waals surface area contributed by atoms with E-state index in [0.717, 1.165) is 0 Å². The van der Waals surface area contributed by atoms with Crippen LogP contribution in [0.4, 0.5) is 26.3 Å². The number of aliphatic carboxylic acids is 1. The molecule has 10 heteroatoms. The first kappa shape index (κ1) is 15.1. The first-order valence-electron chi connectivity index (χ1n) is 4.54. The first-order valence-corrected chi connectivity index (χ1v) is 4.54. The summed E-state index contributed by atoms with van der Waals surface area (Å²) in [5.41, 5.74) is -2.20. The molecule has 0 atom stereocenters. The van der Waals surface area contributed by atoms with E-state index in [-0.39, 0.29) is 0 Å². The summed E-state index contributed by atoms with van der Waals surface area (Å²) in [7, 11) is 0. The Morgan fingerprint density at radius 3 is 2.42 bits per heavy atom. The van der Waals surface area contributed by atoms with Crippen LogP contribution >= 0.6 is 0 Å². The Bertz CT molecular complexity index is 488. The minimum Gasteiger partial charge on any atom is -0.481 e. The van der Waals surface area contributed by atoms with Gasteiger partial charge in [-0.2, -0.15) is 0 Å². The lowest BCUT2D eigenvalue weighted by atomic mass is 10.1. The van der Waals surface area contributed by atoms with E-state index in [2.05, 4.69) is 9.72 Å². The molecule has 0 amide bonds. The average molecular weight is 289 g/mol. The molecule has 4 nitrogen and oxygen atoms in total. The number of pyridine rings is 1. The fourth-order valence-corrected chi connectivity index (χ4v) is 1.24. The van der Waals surface area contributed by atoms with Crippen molar-refractivity contribution in [2.75, 3.05) is 0 Å². The highest BCUT2D eigenvalue weighted by Gasteiger charge is 2.35. The number of carboxylic acid groups (broad SMARTS) is 1. The van der Waals surface area contributed by atoms with E-state index in [9.17, 15) is 31.1 Å². The molecular weight excluding hydrogens is 284 g/mol. The number of alkyl halides is 5. The Hall–Kier alpha value is -2.00. The second kappa shape index (κ2) is 5.33. The zero-order valence-corrected chi connectivity index (χ0v) is 8.84. The highest BCUT2D eigenvalue weighted by Crippen LogP contribution is 2.32. The number of nitrogens with zero attached hydrogens (tertiary/aromatic N) is 1. The molecule has 0 aliphatic heterocycles. The fraction of sp³-hybridized carbons (Fsp3) is 0.333. The molecule has 0 saturated carbocycles. The van der Waals surface area contributed by atoms with Crippen molar-refractivity contribution in [3.8, 4) is 5.88 Å². The van der Waals surface area contributed by atoms with E-state index < -0.39 is 48.0 Å². The van der Waals surface area contributed by atoms with E-state index in [1.165, 1.54) is 0 Å². The van der Waals surface area contributed by atoms with Gasteiger partial charge in [0.25, 0.3) is 12.3 Å². The second-order valence-corrected chi connectivity index (χ2v) is 3.24. The van der Waals surface area contributed by atoms with Crippen molar-refractivity contribution >= 4 is 5.97 Å². The van der Waals surface area contributed by atoms with Crippen molar-refractivity contribution in [1.82, 2.24) is 4.98 Å². The number of ether oxygens (including phenoxy) is 1. The number of halogens is 6. The molecule has 1 heterocycles. The zero-order chi connectivity index (χ0) is 14.8. The van der Waals surface area contributed by atoms with E-state index in [1.54, 1.807) is 0 Å². The standard InChI is InChI=1S/C9H5F6NO3/c10-6-5(7(11)12)3(1-4(17)18)2-16-8(6)19-9(13,14)15/h2,7H,1H2,(H,17,18). The minimum atomic E-state index is -5.30. The zero-order valence-electron chi connectivity index (χ0n) is 8.84. The van der Waals surface area contributed by atoms with Gasteiger partial charge in [0.15, 0.2) is 5.82 Å². The molecule has 0 unspecified atom stereocenters. The topological polar surface area (TPSA) is 59.4 Å². The molecule has 106 valence electrons. The van der Waals surface area contributed by atoms with Crippen LogP contribution in [-0.2, 0) is 11.2 Å². The van der Waals surface area contributed by atoms with Crippen molar-refractivity contribution in [2.45, 2.75) is 19.2 Å². The van der Waals surface area contributed by atoms with Gasteiger partial charge in [0.05, 0.1) is 12.0 Å². The smallest absolute Gasteiger partial charge is 0.481 e. The van der Waals surface area contributed by atoms with Crippen molar-refractivity contribution in [3.63, 3.8) is 0 Å². The number of hydrogen-bond acceptors (Lipinski definition) is 3. The molecule has 0 fully saturated rings. The third kappa shape index (κ3) is 4.00. The molecule has 0 aliphatic carbocycles. The molecule has 0 radical (unpaired) electrons. The van der Waals surface area contributed by atoms with Gasteiger partial charge in [-0.25, -0.2) is 18.2 Å². The Labute approximate surface area is 101 Å². The average Bonchev–Trinajstić information content (AvgIpc) is 2.19. The van der Waals surface area contributed by atoms with Crippen LogP contribution in [0.3, 0.4) is 0 Å². The Balaban J connectivity index is 3.27. The van der Waals surface area contributed by atoms with Crippen LogP contribution < -0.4 is 4.74 Å². The normalized spacial score (nSPS) is 11.7. The van der Waals surface area contributed by atoms with E-state index in [1.807, 2.05) is 0 Å². The number of carbonyl (C=O) groups is 1. The van der Waals surface area contributed by atoms with Gasteiger partial charge in [0.1, 0.15) is 0 Å². The van der Waals surface area contributed by atoms with Crippen LogP contribution in [0.1, 0.15) is 17.6 Å². The lowest BCUT2D eigenvalue weighted by Gasteiger charge is -2.13. The summed E-state index contributed by atoms with van der Waals surface area (Å²) in [6.07, 6.45) is -9.41. The molecule has 19 heavy (non-hydrogen) atoms. The molecular formula is C9H5F6NO3. The van der Waals surface area contributed by atoms with Crippen LogP contribution in [0, 0.1) is 5.82 Å². The largest absolute Gasteiger partial charge is 0.574 e. The Morgan fingerprint density at radius 1 is 1.42 bits per heavy atom. The minimum absolute atomic E-state index is 0.403. The quantitative estimate of drug-likeness (QED) is 0.866. The summed E-state index contributed by atoms with van der Waals surface area (Å²) in [6, 6.07) is 0. The van der Waals surface area contributed by atoms with Crippen LogP contribution in [0.25, 0.3) is 0 Å². The number of hydrogen-bond donors (Lipinski definition) is 1. The van der Waals surface area contributed by atoms with Gasteiger partial charge in [0, 0.05) is 6.20 Å². The Kier molecular flexibility index (Phi) is 4.22. The number of aromatic nitrogens is 1. The van der Waals surface area contributed by atoms with Crippen molar-refractivity contribution in [1.29, 1.82) is 0 Å². The highest BCUT2D eigenvalue weighted by molar-refractivity contribution is 5.70. The van der Waals surface area contributed by atoms with Crippen molar-refractivity contribution in [3.05, 3.63) is 23.1 Å².